The fourth-order valence-electron chi connectivity index (χ4n) is 2.79. The summed E-state index contributed by atoms with van der Waals surface area (Å²) in [6, 6.07) is 8.12. The Morgan fingerprint density at radius 1 is 0.905 bits per heavy atom. The molecule has 2 saturated heterocycles. The van der Waals surface area contributed by atoms with Gasteiger partial charge in [-0.3, -0.25) is 4.98 Å². The largest absolute Gasteiger partial charge is 0.513 e. The van der Waals surface area contributed by atoms with E-state index in [-0.39, 0.29) is 14.2 Å². The summed E-state index contributed by atoms with van der Waals surface area (Å²) in [5, 5.41) is 1.10. The van der Waals surface area contributed by atoms with Crippen molar-refractivity contribution in [2.75, 3.05) is 26.4 Å². The van der Waals surface area contributed by atoms with E-state index in [1.54, 1.807) is 0 Å². The first kappa shape index (κ1) is 13.3. The molecule has 21 heavy (non-hydrogen) atoms. The van der Waals surface area contributed by atoms with Gasteiger partial charge in [-0.05, 0) is 30.1 Å². The topological polar surface area (TPSA) is 49.8 Å². The maximum Gasteiger partial charge on any atom is 0.513 e. The van der Waals surface area contributed by atoms with E-state index in [1.807, 2.05) is 18.2 Å². The summed E-state index contributed by atoms with van der Waals surface area (Å²) < 4.78 is 22.1. The first-order valence-corrected chi connectivity index (χ1v) is 7.19. The molecule has 4 rings (SSSR count). The number of pyridine rings is 1. The number of aromatic nitrogens is 1. The molecule has 0 amide bonds. The molecule has 106 valence electrons. The number of nitrogens with zero attached hydrogens (tertiary/aromatic N) is 1. The third-order valence-corrected chi connectivity index (χ3v) is 3.82. The molecule has 0 atom stereocenters. The van der Waals surface area contributed by atoms with Crippen LogP contribution in [0.3, 0.4) is 0 Å². The van der Waals surface area contributed by atoms with Gasteiger partial charge in [0.2, 0.25) is 0 Å². The summed E-state index contributed by atoms with van der Waals surface area (Å²) in [4.78, 5) is 4.65. The van der Waals surface area contributed by atoms with E-state index >= 15 is 0 Å². The minimum Gasteiger partial charge on any atom is -0.405 e. The minimum absolute atomic E-state index is 0.255. The third kappa shape index (κ3) is 2.46. The van der Waals surface area contributed by atoms with E-state index in [4.69, 9.17) is 18.6 Å². The Hall–Kier alpha value is -1.40. The van der Waals surface area contributed by atoms with Gasteiger partial charge in [0.25, 0.3) is 0 Å². The van der Waals surface area contributed by atoms with Crippen LogP contribution in [0.4, 0.5) is 0 Å². The Labute approximate surface area is 123 Å². The summed E-state index contributed by atoms with van der Waals surface area (Å²) in [6.45, 7) is 4.62. The number of aryl methyl sites for hydroxylation is 1. The molecule has 2 aliphatic heterocycles. The second-order valence-electron chi connectivity index (χ2n) is 5.29. The lowest BCUT2D eigenvalue weighted by Gasteiger charge is -2.10. The third-order valence-electron chi connectivity index (χ3n) is 3.82. The van der Waals surface area contributed by atoms with Crippen molar-refractivity contribution in [3.05, 3.63) is 29.8 Å². The Kier molecular flexibility index (Phi) is 3.43. The molecule has 0 radical (unpaired) electrons. The van der Waals surface area contributed by atoms with Crippen molar-refractivity contribution in [2.24, 2.45) is 0 Å². The summed E-state index contributed by atoms with van der Waals surface area (Å²) in [5.41, 5.74) is 3.95. The molecule has 1 aromatic carbocycles. The molecule has 0 unspecified atom stereocenters. The molecule has 2 aliphatic rings. The maximum atomic E-state index is 5.55. The molecule has 2 fully saturated rings. The van der Waals surface area contributed by atoms with Crippen LogP contribution in [0.2, 0.25) is 0 Å². The molecule has 7 heteroatoms. The first-order chi connectivity index (χ1) is 10.3. The molecular formula is C14H15B2NO4. The Bertz CT molecular complexity index is 669. The highest BCUT2D eigenvalue weighted by atomic mass is 16.6. The van der Waals surface area contributed by atoms with Gasteiger partial charge in [-0.25, -0.2) is 0 Å². The Morgan fingerprint density at radius 3 is 2.29 bits per heavy atom. The zero-order valence-corrected chi connectivity index (χ0v) is 11.9. The lowest BCUT2D eigenvalue weighted by atomic mass is 9.78. The van der Waals surface area contributed by atoms with Crippen LogP contribution < -0.4 is 11.1 Å². The van der Waals surface area contributed by atoms with Crippen LogP contribution in [0.1, 0.15) is 5.56 Å². The fourth-order valence-corrected chi connectivity index (χ4v) is 2.79. The molecule has 5 nitrogen and oxygen atoms in total. The highest BCUT2D eigenvalue weighted by molar-refractivity contribution is 6.62. The van der Waals surface area contributed by atoms with Crippen LogP contribution in [0.25, 0.3) is 10.9 Å². The summed E-state index contributed by atoms with van der Waals surface area (Å²) in [5.74, 6) is 0. The molecule has 0 saturated carbocycles. The summed E-state index contributed by atoms with van der Waals surface area (Å²) in [7, 11) is -0.593. The van der Waals surface area contributed by atoms with Crippen LogP contribution in [-0.2, 0) is 18.6 Å². The number of benzene rings is 1. The molecule has 0 bridgehead atoms. The average Bonchev–Trinajstić information content (AvgIpc) is 3.20. The lowest BCUT2D eigenvalue weighted by molar-refractivity contribution is 0.365. The zero-order valence-electron chi connectivity index (χ0n) is 11.9. The number of fused-ring (bicyclic) bond motifs is 1. The van der Waals surface area contributed by atoms with Crippen molar-refractivity contribution in [2.45, 2.75) is 6.92 Å². The monoisotopic (exact) mass is 283 g/mol. The van der Waals surface area contributed by atoms with E-state index in [0.29, 0.717) is 26.4 Å². The van der Waals surface area contributed by atoms with Crippen LogP contribution in [0.5, 0.6) is 0 Å². The Morgan fingerprint density at radius 2 is 1.57 bits per heavy atom. The predicted octanol–water partition coefficient (Wildman–Crippen LogP) is 0.0272. The van der Waals surface area contributed by atoms with E-state index < -0.39 is 0 Å². The number of rotatable bonds is 2. The number of hydrogen-bond acceptors (Lipinski definition) is 5. The molecule has 1 aromatic heterocycles. The van der Waals surface area contributed by atoms with Crippen molar-refractivity contribution in [1.29, 1.82) is 0 Å². The molecule has 2 aromatic rings. The summed E-state index contributed by atoms with van der Waals surface area (Å²) >= 11 is 0. The summed E-state index contributed by atoms with van der Waals surface area (Å²) in [6.07, 6.45) is 0. The van der Waals surface area contributed by atoms with E-state index in [2.05, 4.69) is 18.0 Å². The van der Waals surface area contributed by atoms with Crippen LogP contribution >= 0.6 is 0 Å². The van der Waals surface area contributed by atoms with Gasteiger partial charge in [0.05, 0.1) is 37.5 Å². The van der Waals surface area contributed by atoms with Crippen LogP contribution in [0, 0.1) is 6.92 Å². The van der Waals surface area contributed by atoms with Crippen molar-refractivity contribution >= 4 is 36.2 Å². The quantitative estimate of drug-likeness (QED) is 0.728. The fraction of sp³-hybridized carbons (Fsp3) is 0.357. The van der Waals surface area contributed by atoms with Gasteiger partial charge in [-0.2, -0.15) is 0 Å². The minimum atomic E-state index is -0.339. The van der Waals surface area contributed by atoms with E-state index in [1.165, 1.54) is 0 Å². The smallest absolute Gasteiger partial charge is 0.405 e. The van der Waals surface area contributed by atoms with Crippen LogP contribution in [0.15, 0.2) is 24.3 Å². The molecule has 3 heterocycles. The highest BCUT2D eigenvalue weighted by Crippen LogP contribution is 2.15. The van der Waals surface area contributed by atoms with Gasteiger partial charge in [-0.15, -0.1) is 0 Å². The van der Waals surface area contributed by atoms with E-state index in [0.717, 1.165) is 27.5 Å². The van der Waals surface area contributed by atoms with Gasteiger partial charge >= 0.3 is 14.2 Å². The van der Waals surface area contributed by atoms with Gasteiger partial charge in [-0.1, -0.05) is 12.1 Å². The van der Waals surface area contributed by atoms with Crippen LogP contribution in [-0.4, -0.2) is 45.6 Å². The Balaban J connectivity index is 1.74. The second-order valence-corrected chi connectivity index (χ2v) is 5.29. The normalized spacial score (nSPS) is 18.9. The van der Waals surface area contributed by atoms with Crippen molar-refractivity contribution in [3.63, 3.8) is 0 Å². The van der Waals surface area contributed by atoms with Gasteiger partial charge in [0.1, 0.15) is 0 Å². The molecule has 0 spiro atoms. The second kappa shape index (κ2) is 5.42. The van der Waals surface area contributed by atoms with E-state index in [9.17, 15) is 0 Å². The standard InChI is InChI=1S/C14H15B2NO4/c1-10-8-14(16-20-6-7-21-16)17-13-3-2-11(9-12(10)13)15-18-4-5-19-15/h2-3,8-9H,4-7H2,1H3. The molecule has 0 aliphatic carbocycles. The SMILES string of the molecule is Cc1cc(B2OCCO2)nc2ccc(B3OCCO3)cc12. The molecular weight excluding hydrogens is 268 g/mol. The highest BCUT2D eigenvalue weighted by Gasteiger charge is 2.29. The lowest BCUT2D eigenvalue weighted by Crippen LogP contribution is -2.35. The van der Waals surface area contributed by atoms with Crippen molar-refractivity contribution < 1.29 is 18.6 Å². The predicted molar refractivity (Wildman–Crippen MR) is 81.1 cm³/mol. The maximum absolute atomic E-state index is 5.55. The van der Waals surface area contributed by atoms with Crippen molar-refractivity contribution in [1.82, 2.24) is 4.98 Å². The molecule has 0 N–H and O–H groups in total. The van der Waals surface area contributed by atoms with Gasteiger partial charge < -0.3 is 18.6 Å². The first-order valence-electron chi connectivity index (χ1n) is 7.19. The van der Waals surface area contributed by atoms with Gasteiger partial charge in [0.15, 0.2) is 0 Å². The van der Waals surface area contributed by atoms with Crippen molar-refractivity contribution in [3.8, 4) is 0 Å². The van der Waals surface area contributed by atoms with Gasteiger partial charge in [0, 0.05) is 5.39 Å². The average molecular weight is 283 g/mol. The zero-order chi connectivity index (χ0) is 14.2. The number of hydrogen-bond donors (Lipinski definition) is 0.